The van der Waals surface area contributed by atoms with E-state index >= 15 is 0 Å². The van der Waals surface area contributed by atoms with Crippen LogP contribution in [0, 0.1) is 0 Å². The van der Waals surface area contributed by atoms with Gasteiger partial charge in [0.25, 0.3) is 0 Å². The Labute approximate surface area is 182 Å². The number of fused-ring (bicyclic) bond motifs is 1. The molecule has 1 aliphatic heterocycles. The summed E-state index contributed by atoms with van der Waals surface area (Å²) in [5.74, 6) is 0.830. The summed E-state index contributed by atoms with van der Waals surface area (Å²) in [5.41, 5.74) is 2.20. The van der Waals surface area contributed by atoms with Crippen LogP contribution in [0.25, 0.3) is 11.0 Å². The van der Waals surface area contributed by atoms with Crippen molar-refractivity contribution in [2.75, 3.05) is 33.3 Å². The smallest absolute Gasteiger partial charge is 0.336 e. The third-order valence-corrected chi connectivity index (χ3v) is 6.02. The largest absolute Gasteiger partial charge is 0.497 e. The van der Waals surface area contributed by atoms with Crippen molar-refractivity contribution in [3.63, 3.8) is 0 Å². The Morgan fingerprint density at radius 3 is 2.48 bits per heavy atom. The molecule has 2 aromatic carbocycles. The summed E-state index contributed by atoms with van der Waals surface area (Å²) >= 11 is 0. The molecule has 4 rings (SSSR count). The summed E-state index contributed by atoms with van der Waals surface area (Å²) in [6, 6.07) is 17.0. The van der Waals surface area contributed by atoms with Gasteiger partial charge in [-0.25, -0.2) is 4.79 Å². The summed E-state index contributed by atoms with van der Waals surface area (Å²) in [6.45, 7) is 5.60. The van der Waals surface area contributed by atoms with E-state index in [0.717, 1.165) is 41.8 Å². The first kappa shape index (κ1) is 21.1. The molecule has 162 valence electrons. The molecule has 1 aromatic heterocycles. The molecule has 0 bridgehead atoms. The van der Waals surface area contributed by atoms with E-state index in [-0.39, 0.29) is 17.5 Å². The minimum absolute atomic E-state index is 0.0945. The van der Waals surface area contributed by atoms with Crippen molar-refractivity contribution < 1.29 is 13.9 Å². The number of ether oxygens (including phenoxy) is 1. The van der Waals surface area contributed by atoms with E-state index in [9.17, 15) is 9.59 Å². The highest BCUT2D eigenvalue weighted by Gasteiger charge is 2.27. The number of rotatable bonds is 6. The van der Waals surface area contributed by atoms with Gasteiger partial charge in [0.05, 0.1) is 13.0 Å². The average Bonchev–Trinajstić information content (AvgIpc) is 2.80. The molecule has 3 aromatic rings. The van der Waals surface area contributed by atoms with Crippen molar-refractivity contribution in [2.45, 2.75) is 25.8 Å². The minimum Gasteiger partial charge on any atom is -0.497 e. The van der Waals surface area contributed by atoms with Crippen molar-refractivity contribution in [3.8, 4) is 5.75 Å². The van der Waals surface area contributed by atoms with Gasteiger partial charge in [0.15, 0.2) is 0 Å². The van der Waals surface area contributed by atoms with E-state index in [1.807, 2.05) is 41.3 Å². The molecule has 6 heteroatoms. The zero-order valence-electron chi connectivity index (χ0n) is 18.0. The number of hydrogen-bond donors (Lipinski definition) is 0. The fourth-order valence-electron chi connectivity index (χ4n) is 4.29. The van der Waals surface area contributed by atoms with Crippen LogP contribution in [0.5, 0.6) is 5.75 Å². The van der Waals surface area contributed by atoms with E-state index in [4.69, 9.17) is 9.15 Å². The van der Waals surface area contributed by atoms with Gasteiger partial charge in [-0.2, -0.15) is 0 Å². The van der Waals surface area contributed by atoms with Crippen molar-refractivity contribution in [2.24, 2.45) is 0 Å². The normalized spacial score (nSPS) is 15.7. The van der Waals surface area contributed by atoms with E-state index in [2.05, 4.69) is 11.8 Å². The third-order valence-electron chi connectivity index (χ3n) is 6.02. The predicted octanol–water partition coefficient (Wildman–Crippen LogP) is 3.64. The summed E-state index contributed by atoms with van der Waals surface area (Å²) in [6.07, 6.45) is 0.788. The van der Waals surface area contributed by atoms with E-state index < -0.39 is 0 Å². The van der Waals surface area contributed by atoms with E-state index in [1.165, 1.54) is 0 Å². The molecular weight excluding hydrogens is 392 g/mol. The highest BCUT2D eigenvalue weighted by molar-refractivity contribution is 5.84. The monoisotopic (exact) mass is 420 g/mol. The summed E-state index contributed by atoms with van der Waals surface area (Å²) in [4.78, 5) is 29.4. The maximum atomic E-state index is 13.1. The van der Waals surface area contributed by atoms with Gasteiger partial charge in [0.1, 0.15) is 11.3 Å². The van der Waals surface area contributed by atoms with Crippen LogP contribution in [0.15, 0.2) is 63.8 Å². The quantitative estimate of drug-likeness (QED) is 0.570. The van der Waals surface area contributed by atoms with Crippen molar-refractivity contribution in [1.82, 2.24) is 9.80 Å². The number of piperazine rings is 1. The lowest BCUT2D eigenvalue weighted by Gasteiger charge is -2.36. The highest BCUT2D eigenvalue weighted by Crippen LogP contribution is 2.25. The van der Waals surface area contributed by atoms with Gasteiger partial charge in [-0.3, -0.25) is 9.69 Å². The lowest BCUT2D eigenvalue weighted by Crippen LogP contribution is -2.49. The Kier molecular flexibility index (Phi) is 6.37. The first-order chi connectivity index (χ1) is 15.1. The summed E-state index contributed by atoms with van der Waals surface area (Å²) < 4.78 is 10.7. The Hall–Kier alpha value is -3.12. The molecule has 0 spiro atoms. The maximum Gasteiger partial charge on any atom is 0.336 e. The lowest BCUT2D eigenvalue weighted by molar-refractivity contribution is -0.134. The standard InChI is InChI=1S/C25H28N2O4/c1-3-21(18-7-5-4-6-8-18)25(29)27-13-11-26(12-14-27)17-19-15-24(28)31-23-10-9-20(30-2)16-22(19)23/h4-10,15-16,21H,3,11-14,17H2,1-2H3/t21-/m0/s1. The maximum absolute atomic E-state index is 13.1. The molecule has 31 heavy (non-hydrogen) atoms. The van der Waals surface area contributed by atoms with E-state index in [1.54, 1.807) is 25.3 Å². The van der Waals surface area contributed by atoms with Gasteiger partial charge >= 0.3 is 5.63 Å². The average molecular weight is 421 g/mol. The van der Waals surface area contributed by atoms with Crippen molar-refractivity contribution >= 4 is 16.9 Å². The third kappa shape index (κ3) is 4.64. The van der Waals surface area contributed by atoms with Crippen LogP contribution in [0.1, 0.15) is 30.4 Å². The van der Waals surface area contributed by atoms with Crippen LogP contribution >= 0.6 is 0 Å². The molecule has 1 saturated heterocycles. The van der Waals surface area contributed by atoms with Gasteiger partial charge in [-0.15, -0.1) is 0 Å². The van der Waals surface area contributed by atoms with Crippen LogP contribution in [0.4, 0.5) is 0 Å². The number of amides is 1. The predicted molar refractivity (Wildman–Crippen MR) is 120 cm³/mol. The first-order valence-corrected chi connectivity index (χ1v) is 10.8. The second-order valence-electron chi connectivity index (χ2n) is 7.93. The number of carbonyl (C=O) groups is 1. The summed E-state index contributed by atoms with van der Waals surface area (Å²) in [5, 5.41) is 0.882. The van der Waals surface area contributed by atoms with Gasteiger partial charge in [0.2, 0.25) is 5.91 Å². The number of methoxy groups -OCH3 is 1. The second kappa shape index (κ2) is 9.35. The van der Waals surface area contributed by atoms with Crippen LogP contribution in [0.3, 0.4) is 0 Å². The first-order valence-electron chi connectivity index (χ1n) is 10.8. The SMILES string of the molecule is CC[C@H](C(=O)N1CCN(Cc2cc(=O)oc3ccc(OC)cc23)CC1)c1ccccc1. The highest BCUT2D eigenvalue weighted by atomic mass is 16.5. The molecule has 0 unspecified atom stereocenters. The lowest BCUT2D eigenvalue weighted by atomic mass is 9.95. The molecule has 0 radical (unpaired) electrons. The molecule has 0 saturated carbocycles. The number of carbonyl (C=O) groups excluding carboxylic acids is 1. The molecule has 1 atom stereocenters. The van der Waals surface area contributed by atoms with E-state index in [0.29, 0.717) is 25.2 Å². The number of benzene rings is 2. The Bertz CT molecular complexity index is 1100. The van der Waals surface area contributed by atoms with Gasteiger partial charge in [0, 0.05) is 44.2 Å². The topological polar surface area (TPSA) is 63.0 Å². The molecule has 6 nitrogen and oxygen atoms in total. The molecule has 0 aliphatic carbocycles. The number of hydrogen-bond acceptors (Lipinski definition) is 5. The van der Waals surface area contributed by atoms with Gasteiger partial charge < -0.3 is 14.1 Å². The molecular formula is C25H28N2O4. The fourth-order valence-corrected chi connectivity index (χ4v) is 4.29. The van der Waals surface area contributed by atoms with Crippen molar-refractivity contribution in [3.05, 3.63) is 76.1 Å². The molecule has 1 aliphatic rings. The fraction of sp³-hybridized carbons (Fsp3) is 0.360. The van der Waals surface area contributed by atoms with Gasteiger partial charge in [-0.1, -0.05) is 37.3 Å². The zero-order valence-corrected chi connectivity index (χ0v) is 18.0. The Balaban J connectivity index is 1.45. The van der Waals surface area contributed by atoms with Crippen LogP contribution in [-0.4, -0.2) is 49.0 Å². The Morgan fingerprint density at radius 2 is 1.81 bits per heavy atom. The summed E-state index contributed by atoms with van der Waals surface area (Å²) in [7, 11) is 1.62. The second-order valence-corrected chi connectivity index (χ2v) is 7.93. The minimum atomic E-state index is -0.352. The van der Waals surface area contributed by atoms with Crippen molar-refractivity contribution in [1.29, 1.82) is 0 Å². The Morgan fingerprint density at radius 1 is 1.06 bits per heavy atom. The molecule has 2 heterocycles. The molecule has 1 fully saturated rings. The zero-order chi connectivity index (χ0) is 21.8. The number of nitrogens with zero attached hydrogens (tertiary/aromatic N) is 2. The molecule has 0 N–H and O–H groups in total. The molecule has 1 amide bonds. The van der Waals surface area contributed by atoms with Crippen LogP contribution in [-0.2, 0) is 11.3 Å². The van der Waals surface area contributed by atoms with Crippen LogP contribution in [0.2, 0.25) is 0 Å². The van der Waals surface area contributed by atoms with Crippen LogP contribution < -0.4 is 10.4 Å². The van der Waals surface area contributed by atoms with Gasteiger partial charge in [-0.05, 0) is 35.7 Å².